The molecule has 3 heteroatoms. The minimum absolute atomic E-state index is 0.0138. The van der Waals surface area contributed by atoms with E-state index in [4.69, 9.17) is 10.5 Å². The normalized spacial score (nSPS) is 12.6. The van der Waals surface area contributed by atoms with Crippen LogP contribution in [0.15, 0.2) is 18.2 Å². The van der Waals surface area contributed by atoms with E-state index in [0.29, 0.717) is 17.9 Å². The highest BCUT2D eigenvalue weighted by Gasteiger charge is 2.06. The number of nitrogens with two attached hydrogens (primary N) is 1. The van der Waals surface area contributed by atoms with Crippen molar-refractivity contribution in [1.29, 1.82) is 0 Å². The van der Waals surface area contributed by atoms with Crippen molar-refractivity contribution in [1.82, 2.24) is 0 Å². The van der Waals surface area contributed by atoms with E-state index in [1.807, 2.05) is 6.92 Å². The summed E-state index contributed by atoms with van der Waals surface area (Å²) < 4.78 is 18.5. The first-order valence-corrected chi connectivity index (χ1v) is 4.80. The van der Waals surface area contributed by atoms with E-state index in [0.717, 1.165) is 6.42 Å². The lowest BCUT2D eigenvalue weighted by Gasteiger charge is -2.15. The van der Waals surface area contributed by atoms with Crippen LogP contribution in [0.25, 0.3) is 0 Å². The highest BCUT2D eigenvalue weighted by molar-refractivity contribution is 5.29. The second-order valence-electron chi connectivity index (χ2n) is 3.29. The van der Waals surface area contributed by atoms with Crippen LogP contribution in [-0.2, 0) is 0 Å². The number of rotatable bonds is 4. The molecule has 14 heavy (non-hydrogen) atoms. The van der Waals surface area contributed by atoms with E-state index in [9.17, 15) is 4.39 Å². The Hall–Kier alpha value is -1.09. The molecule has 1 unspecified atom stereocenters. The van der Waals surface area contributed by atoms with Crippen LogP contribution >= 0.6 is 0 Å². The fourth-order valence-corrected chi connectivity index (χ4v) is 1.18. The minimum atomic E-state index is -0.210. The molecule has 0 saturated carbocycles. The second-order valence-corrected chi connectivity index (χ2v) is 3.29. The van der Waals surface area contributed by atoms with E-state index in [-0.39, 0.29) is 11.9 Å². The Morgan fingerprint density at radius 1 is 1.50 bits per heavy atom. The van der Waals surface area contributed by atoms with Gasteiger partial charge < -0.3 is 10.5 Å². The molecule has 0 saturated heterocycles. The third kappa shape index (κ3) is 2.70. The van der Waals surface area contributed by atoms with Gasteiger partial charge in [-0.25, -0.2) is 4.39 Å². The lowest BCUT2D eigenvalue weighted by atomic mass is 10.2. The van der Waals surface area contributed by atoms with Gasteiger partial charge in [-0.15, -0.1) is 0 Å². The predicted octanol–water partition coefficient (Wildman–Crippen LogP) is 2.25. The zero-order valence-electron chi connectivity index (χ0n) is 8.59. The molecule has 1 aromatic carbocycles. The van der Waals surface area contributed by atoms with Crippen molar-refractivity contribution in [2.45, 2.75) is 26.4 Å². The molecule has 1 rings (SSSR count). The van der Waals surface area contributed by atoms with Crippen LogP contribution in [-0.4, -0.2) is 12.6 Å². The summed E-state index contributed by atoms with van der Waals surface area (Å²) >= 11 is 0. The monoisotopic (exact) mass is 197 g/mol. The highest BCUT2D eigenvalue weighted by Crippen LogP contribution is 2.17. The topological polar surface area (TPSA) is 35.2 Å². The molecule has 78 valence electrons. The molecule has 2 N–H and O–H groups in total. The number of hydrogen-bond donors (Lipinski definition) is 1. The van der Waals surface area contributed by atoms with Gasteiger partial charge in [0.05, 0.1) is 0 Å². The molecule has 0 spiro atoms. The number of halogens is 1. The Labute approximate surface area is 83.9 Å². The van der Waals surface area contributed by atoms with Gasteiger partial charge in [-0.2, -0.15) is 0 Å². The molecule has 2 nitrogen and oxygen atoms in total. The Bertz CT molecular complexity index is 297. The molecule has 0 heterocycles. The molecule has 0 aromatic heterocycles. The summed E-state index contributed by atoms with van der Waals surface area (Å²) in [4.78, 5) is 0. The van der Waals surface area contributed by atoms with Crippen LogP contribution in [0.1, 0.15) is 18.9 Å². The first-order valence-electron chi connectivity index (χ1n) is 4.80. The number of aryl methyl sites for hydroxylation is 1. The summed E-state index contributed by atoms with van der Waals surface area (Å²) in [6.45, 7) is 4.20. The van der Waals surface area contributed by atoms with Crippen LogP contribution in [0.5, 0.6) is 5.75 Å². The largest absolute Gasteiger partial charge is 0.489 e. The van der Waals surface area contributed by atoms with Gasteiger partial charge in [-0.1, -0.05) is 6.92 Å². The zero-order valence-corrected chi connectivity index (χ0v) is 8.59. The SMILES string of the molecule is CCC(CN)Oc1ccc(F)c(C)c1. The quantitative estimate of drug-likeness (QED) is 0.803. The maximum Gasteiger partial charge on any atom is 0.126 e. The lowest BCUT2D eigenvalue weighted by molar-refractivity contribution is 0.205. The van der Waals surface area contributed by atoms with E-state index < -0.39 is 0 Å². The summed E-state index contributed by atoms with van der Waals surface area (Å²) in [5.41, 5.74) is 6.09. The molecule has 0 amide bonds. The van der Waals surface area contributed by atoms with Gasteiger partial charge in [-0.05, 0) is 37.1 Å². The zero-order chi connectivity index (χ0) is 10.6. The number of ether oxygens (including phenoxy) is 1. The van der Waals surface area contributed by atoms with Gasteiger partial charge >= 0.3 is 0 Å². The van der Waals surface area contributed by atoms with Crippen molar-refractivity contribution >= 4 is 0 Å². The van der Waals surface area contributed by atoms with Crippen molar-refractivity contribution in [3.8, 4) is 5.75 Å². The van der Waals surface area contributed by atoms with Gasteiger partial charge in [0, 0.05) is 6.54 Å². The van der Waals surface area contributed by atoms with E-state index in [1.54, 1.807) is 19.1 Å². The Morgan fingerprint density at radius 3 is 2.71 bits per heavy atom. The van der Waals surface area contributed by atoms with Crippen molar-refractivity contribution in [3.63, 3.8) is 0 Å². The van der Waals surface area contributed by atoms with Crippen LogP contribution in [0.3, 0.4) is 0 Å². The Kier molecular flexibility index (Phi) is 3.89. The highest BCUT2D eigenvalue weighted by atomic mass is 19.1. The van der Waals surface area contributed by atoms with Crippen LogP contribution in [0, 0.1) is 12.7 Å². The molecule has 1 aromatic rings. The third-order valence-electron chi connectivity index (χ3n) is 2.15. The molecule has 0 radical (unpaired) electrons. The smallest absolute Gasteiger partial charge is 0.126 e. The fraction of sp³-hybridized carbons (Fsp3) is 0.455. The molecule has 0 aliphatic carbocycles. The first-order chi connectivity index (χ1) is 6.67. The number of benzene rings is 1. The molecule has 0 aliphatic rings. The molecule has 0 fully saturated rings. The predicted molar refractivity (Wildman–Crippen MR) is 54.9 cm³/mol. The van der Waals surface area contributed by atoms with Gasteiger partial charge in [0.15, 0.2) is 0 Å². The molecular formula is C11H16FNO. The second kappa shape index (κ2) is 4.96. The number of hydrogen-bond acceptors (Lipinski definition) is 2. The van der Waals surface area contributed by atoms with E-state index in [1.165, 1.54) is 6.07 Å². The lowest BCUT2D eigenvalue weighted by Crippen LogP contribution is -2.25. The van der Waals surface area contributed by atoms with Crippen molar-refractivity contribution < 1.29 is 9.13 Å². The summed E-state index contributed by atoms with van der Waals surface area (Å²) in [5.74, 6) is 0.472. The molecule has 0 bridgehead atoms. The standard InChI is InChI=1S/C11H16FNO/c1-3-9(7-13)14-10-4-5-11(12)8(2)6-10/h4-6,9H,3,7,13H2,1-2H3. The first kappa shape index (κ1) is 11.0. The average molecular weight is 197 g/mol. The summed E-state index contributed by atoms with van der Waals surface area (Å²) in [5, 5.41) is 0. The Morgan fingerprint density at radius 2 is 2.21 bits per heavy atom. The fourth-order valence-electron chi connectivity index (χ4n) is 1.18. The van der Waals surface area contributed by atoms with Gasteiger partial charge in [0.2, 0.25) is 0 Å². The van der Waals surface area contributed by atoms with Crippen LogP contribution < -0.4 is 10.5 Å². The summed E-state index contributed by atoms with van der Waals surface area (Å²) in [6.07, 6.45) is 0.868. The van der Waals surface area contributed by atoms with Gasteiger partial charge in [-0.3, -0.25) is 0 Å². The molecular weight excluding hydrogens is 181 g/mol. The van der Waals surface area contributed by atoms with E-state index in [2.05, 4.69) is 0 Å². The van der Waals surface area contributed by atoms with E-state index >= 15 is 0 Å². The summed E-state index contributed by atoms with van der Waals surface area (Å²) in [7, 11) is 0. The third-order valence-corrected chi connectivity index (χ3v) is 2.15. The van der Waals surface area contributed by atoms with Crippen LogP contribution in [0.4, 0.5) is 4.39 Å². The van der Waals surface area contributed by atoms with Crippen LogP contribution in [0.2, 0.25) is 0 Å². The summed E-state index contributed by atoms with van der Waals surface area (Å²) in [6, 6.07) is 4.72. The van der Waals surface area contributed by atoms with Crippen molar-refractivity contribution in [2.75, 3.05) is 6.54 Å². The van der Waals surface area contributed by atoms with Gasteiger partial charge in [0.25, 0.3) is 0 Å². The maximum absolute atomic E-state index is 12.9. The van der Waals surface area contributed by atoms with Gasteiger partial charge in [0.1, 0.15) is 17.7 Å². The minimum Gasteiger partial charge on any atom is -0.489 e. The molecule has 0 aliphatic heterocycles. The maximum atomic E-state index is 12.9. The van der Waals surface area contributed by atoms with Crippen molar-refractivity contribution in [2.24, 2.45) is 5.73 Å². The molecule has 1 atom stereocenters. The average Bonchev–Trinajstić information content (AvgIpc) is 2.19. The Balaban J connectivity index is 2.72. The van der Waals surface area contributed by atoms with Crippen molar-refractivity contribution in [3.05, 3.63) is 29.6 Å².